The summed E-state index contributed by atoms with van der Waals surface area (Å²) in [7, 11) is -7.98. The molecular weight excluding hydrogens is 304 g/mol. The van der Waals surface area contributed by atoms with Crippen LogP contribution in [0.5, 0.6) is 0 Å². The number of unbranched alkanes of at least 4 members (excludes halogenated alkanes) is 2. The van der Waals surface area contributed by atoms with E-state index < -0.39 is 20.2 Å². The van der Waals surface area contributed by atoms with Gasteiger partial charge in [0.15, 0.2) is 0 Å². The largest absolute Gasteiger partial charge is 0.286 e. The molecule has 0 aromatic rings. The van der Waals surface area contributed by atoms with Crippen LogP contribution in [0.2, 0.25) is 0 Å². The van der Waals surface area contributed by atoms with Crippen LogP contribution in [0.15, 0.2) is 0 Å². The zero-order valence-corrected chi connectivity index (χ0v) is 13.8. The Morgan fingerprint density at radius 3 is 1.80 bits per heavy atom. The molecule has 0 saturated carbocycles. The van der Waals surface area contributed by atoms with Crippen molar-refractivity contribution >= 4 is 20.2 Å². The minimum absolute atomic E-state index is 0.0180. The average Bonchev–Trinajstić information content (AvgIpc) is 2.28. The van der Waals surface area contributed by atoms with Crippen LogP contribution >= 0.6 is 0 Å². The van der Waals surface area contributed by atoms with Gasteiger partial charge in [-0.15, -0.1) is 0 Å². The van der Waals surface area contributed by atoms with Crippen LogP contribution in [0.25, 0.3) is 0 Å². The molecule has 0 radical (unpaired) electrons. The van der Waals surface area contributed by atoms with E-state index in [1.54, 1.807) is 0 Å². The molecule has 20 heavy (non-hydrogen) atoms. The van der Waals surface area contributed by atoms with Crippen molar-refractivity contribution in [3.05, 3.63) is 0 Å². The van der Waals surface area contributed by atoms with E-state index in [9.17, 15) is 16.8 Å². The minimum Gasteiger partial charge on any atom is -0.286 e. The summed E-state index contributed by atoms with van der Waals surface area (Å²) in [5, 5.41) is 0. The molecule has 0 heterocycles. The fourth-order valence-electron chi connectivity index (χ4n) is 2.24. The summed E-state index contributed by atoms with van der Waals surface area (Å²) < 4.78 is 60.7. The van der Waals surface area contributed by atoms with Crippen LogP contribution in [0.1, 0.15) is 52.4 Å². The molecule has 0 rings (SSSR count). The molecule has 122 valence electrons. The Morgan fingerprint density at radius 1 is 0.850 bits per heavy atom. The lowest BCUT2D eigenvalue weighted by molar-refractivity contribution is 0.305. The fourth-order valence-corrected chi connectivity index (χ4v) is 3.51. The van der Waals surface area contributed by atoms with Crippen molar-refractivity contribution in [3.63, 3.8) is 0 Å². The van der Waals surface area contributed by atoms with Crippen molar-refractivity contribution in [1.29, 1.82) is 0 Å². The summed E-state index contributed by atoms with van der Waals surface area (Å²) in [5.41, 5.74) is 0. The lowest BCUT2D eigenvalue weighted by Gasteiger charge is -2.23. The molecule has 0 aliphatic heterocycles. The minimum atomic E-state index is -3.99. The van der Waals surface area contributed by atoms with Crippen LogP contribution in [0.4, 0.5) is 0 Å². The fraction of sp³-hybridized carbons (Fsp3) is 1.00. The highest BCUT2D eigenvalue weighted by Gasteiger charge is 2.21. The second kappa shape index (κ2) is 8.96. The summed E-state index contributed by atoms with van der Waals surface area (Å²) in [6.45, 7) is 3.92. The van der Waals surface area contributed by atoms with Gasteiger partial charge >= 0.3 is 0 Å². The standard InChI is InChI=1S/C12H26O6S2/c1-3-4-5-6-12(8-10-20(16,17)18)11(2)7-9-19(13,14)15/h11-12H,3-10H2,1-2H3,(H,13,14,15)(H,16,17,18). The van der Waals surface area contributed by atoms with Crippen molar-refractivity contribution in [2.45, 2.75) is 52.4 Å². The number of hydrogen-bond acceptors (Lipinski definition) is 4. The smallest absolute Gasteiger partial charge is 0.264 e. The van der Waals surface area contributed by atoms with E-state index in [0.29, 0.717) is 12.8 Å². The van der Waals surface area contributed by atoms with E-state index in [-0.39, 0.29) is 23.3 Å². The van der Waals surface area contributed by atoms with Gasteiger partial charge in [0.1, 0.15) is 0 Å². The van der Waals surface area contributed by atoms with Gasteiger partial charge in [0.05, 0.1) is 11.5 Å². The average molecular weight is 330 g/mol. The third-order valence-electron chi connectivity index (χ3n) is 3.56. The Bertz CT molecular complexity index is 454. The molecule has 0 bridgehead atoms. The van der Waals surface area contributed by atoms with Gasteiger partial charge in [-0.2, -0.15) is 16.8 Å². The molecular formula is C12H26O6S2. The summed E-state index contributed by atoms with van der Waals surface area (Å²) >= 11 is 0. The van der Waals surface area contributed by atoms with Crippen LogP contribution in [-0.4, -0.2) is 37.4 Å². The first-order chi connectivity index (χ1) is 9.05. The normalized spacial score (nSPS) is 16.0. The highest BCUT2D eigenvalue weighted by molar-refractivity contribution is 7.86. The summed E-state index contributed by atoms with van der Waals surface area (Å²) in [5.74, 6) is -0.606. The number of rotatable bonds is 11. The maximum Gasteiger partial charge on any atom is 0.264 e. The summed E-state index contributed by atoms with van der Waals surface area (Å²) in [6.07, 6.45) is 4.44. The zero-order chi connectivity index (χ0) is 15.8. The monoisotopic (exact) mass is 330 g/mol. The van der Waals surface area contributed by atoms with Crippen LogP contribution < -0.4 is 0 Å². The topological polar surface area (TPSA) is 109 Å². The van der Waals surface area contributed by atoms with Gasteiger partial charge in [0, 0.05) is 0 Å². The van der Waals surface area contributed by atoms with E-state index in [4.69, 9.17) is 9.11 Å². The van der Waals surface area contributed by atoms with Gasteiger partial charge in [-0.3, -0.25) is 9.11 Å². The van der Waals surface area contributed by atoms with Crippen LogP contribution in [-0.2, 0) is 20.2 Å². The van der Waals surface area contributed by atoms with E-state index in [0.717, 1.165) is 25.7 Å². The SMILES string of the molecule is CCCCCC(CCS(=O)(=O)O)C(C)CCS(=O)(=O)O. The Hall–Kier alpha value is -0.180. The second-order valence-electron chi connectivity index (χ2n) is 5.38. The van der Waals surface area contributed by atoms with Crippen LogP contribution in [0.3, 0.4) is 0 Å². The van der Waals surface area contributed by atoms with Gasteiger partial charge in [-0.25, -0.2) is 0 Å². The third kappa shape index (κ3) is 11.6. The highest BCUT2D eigenvalue weighted by Crippen LogP contribution is 2.26. The van der Waals surface area contributed by atoms with Gasteiger partial charge in [-0.05, 0) is 24.7 Å². The van der Waals surface area contributed by atoms with Gasteiger partial charge < -0.3 is 0 Å². The van der Waals surface area contributed by atoms with E-state index in [1.807, 2.05) is 6.92 Å². The predicted molar refractivity (Wildman–Crippen MR) is 78.9 cm³/mol. The summed E-state index contributed by atoms with van der Waals surface area (Å²) in [6, 6.07) is 0. The molecule has 0 aromatic heterocycles. The molecule has 0 aromatic carbocycles. The quantitative estimate of drug-likeness (QED) is 0.445. The molecule has 0 aliphatic carbocycles. The van der Waals surface area contributed by atoms with E-state index in [1.165, 1.54) is 0 Å². The molecule has 0 aliphatic rings. The molecule has 0 fully saturated rings. The Balaban J connectivity index is 4.48. The lowest BCUT2D eigenvalue weighted by Crippen LogP contribution is -2.19. The van der Waals surface area contributed by atoms with Gasteiger partial charge in [0.25, 0.3) is 20.2 Å². The molecule has 0 saturated heterocycles. The van der Waals surface area contributed by atoms with Crippen molar-refractivity contribution in [1.82, 2.24) is 0 Å². The molecule has 0 amide bonds. The van der Waals surface area contributed by atoms with E-state index in [2.05, 4.69) is 6.92 Å². The third-order valence-corrected chi connectivity index (χ3v) is 5.06. The lowest BCUT2D eigenvalue weighted by atomic mass is 9.85. The van der Waals surface area contributed by atoms with Crippen molar-refractivity contribution in [2.24, 2.45) is 11.8 Å². The second-order valence-corrected chi connectivity index (χ2v) is 8.53. The summed E-state index contributed by atoms with van der Waals surface area (Å²) in [4.78, 5) is 0. The zero-order valence-electron chi connectivity index (χ0n) is 12.2. The van der Waals surface area contributed by atoms with Crippen molar-refractivity contribution in [2.75, 3.05) is 11.5 Å². The molecule has 6 nitrogen and oxygen atoms in total. The predicted octanol–water partition coefficient (Wildman–Crippen LogP) is 2.37. The maximum absolute atomic E-state index is 10.8. The Morgan fingerprint density at radius 2 is 1.35 bits per heavy atom. The Labute approximate surface area is 122 Å². The first kappa shape index (κ1) is 19.8. The first-order valence-corrected chi connectivity index (χ1v) is 10.2. The van der Waals surface area contributed by atoms with Crippen LogP contribution in [0, 0.1) is 11.8 Å². The molecule has 2 unspecified atom stereocenters. The molecule has 2 N–H and O–H groups in total. The highest BCUT2D eigenvalue weighted by atomic mass is 32.2. The van der Waals surface area contributed by atoms with Gasteiger partial charge in [0.2, 0.25) is 0 Å². The molecule has 2 atom stereocenters. The van der Waals surface area contributed by atoms with Crippen molar-refractivity contribution in [3.8, 4) is 0 Å². The van der Waals surface area contributed by atoms with Crippen molar-refractivity contribution < 1.29 is 25.9 Å². The van der Waals surface area contributed by atoms with Gasteiger partial charge in [-0.1, -0.05) is 39.5 Å². The Kier molecular flexibility index (Phi) is 8.88. The maximum atomic E-state index is 10.8. The number of hydrogen-bond donors (Lipinski definition) is 2. The molecule has 8 heteroatoms. The molecule has 0 spiro atoms. The first-order valence-electron chi connectivity index (χ1n) is 6.95. The van der Waals surface area contributed by atoms with E-state index >= 15 is 0 Å².